The largest absolute Gasteiger partial charge is 0.0843 e. The Bertz CT molecular complexity index is 1390. The molecule has 0 bridgehead atoms. The molecular weight excluding hydrogens is 430 g/mol. The molecule has 0 saturated carbocycles. The fourth-order valence-corrected chi connectivity index (χ4v) is 4.89. The molecule has 0 nitrogen and oxygen atoms in total. The SMILES string of the molecule is Clc1ccc(-c2c(Cl)c(Cl)c(Cl)c3c4ccccc4c4ccccc4c23)cc1. The van der Waals surface area contributed by atoms with E-state index in [2.05, 4.69) is 24.3 Å². The molecule has 0 N–H and O–H groups in total. The molecule has 0 aliphatic heterocycles. The van der Waals surface area contributed by atoms with Crippen LogP contribution >= 0.6 is 46.4 Å². The number of halogens is 4. The van der Waals surface area contributed by atoms with E-state index in [0.717, 1.165) is 43.4 Å². The Labute approximate surface area is 182 Å². The minimum absolute atomic E-state index is 0.362. The first-order valence-corrected chi connectivity index (χ1v) is 10.2. The van der Waals surface area contributed by atoms with Crippen molar-refractivity contribution in [1.82, 2.24) is 0 Å². The predicted molar refractivity (Wildman–Crippen MR) is 124 cm³/mol. The van der Waals surface area contributed by atoms with Crippen molar-refractivity contribution in [2.45, 2.75) is 0 Å². The number of fused-ring (bicyclic) bond motifs is 6. The molecule has 0 saturated heterocycles. The zero-order valence-corrected chi connectivity index (χ0v) is 17.5. The molecule has 0 aliphatic rings. The number of hydrogen-bond acceptors (Lipinski definition) is 0. The smallest absolute Gasteiger partial charge is 0.0791 e. The zero-order valence-electron chi connectivity index (χ0n) is 14.4. The lowest BCUT2D eigenvalue weighted by Gasteiger charge is -2.18. The molecule has 0 aromatic heterocycles. The van der Waals surface area contributed by atoms with Crippen LogP contribution in [0.15, 0.2) is 72.8 Å². The standard InChI is InChI=1S/C24H12Cl4/c25-14-11-9-13(10-12-14)19-20-17-7-3-1-5-15(17)16-6-2-4-8-18(16)21(20)23(27)24(28)22(19)26/h1-12H. The van der Waals surface area contributed by atoms with Crippen LogP contribution in [0, 0.1) is 0 Å². The summed E-state index contributed by atoms with van der Waals surface area (Å²) >= 11 is 26.2. The van der Waals surface area contributed by atoms with Crippen molar-refractivity contribution in [3.05, 3.63) is 92.9 Å². The van der Waals surface area contributed by atoms with Gasteiger partial charge < -0.3 is 0 Å². The predicted octanol–water partition coefficient (Wildman–Crippen LogP) is 9.43. The Balaban J connectivity index is 2.14. The molecule has 4 heteroatoms. The van der Waals surface area contributed by atoms with Crippen molar-refractivity contribution in [3.8, 4) is 11.1 Å². The fourth-order valence-electron chi connectivity index (χ4n) is 3.94. The van der Waals surface area contributed by atoms with Gasteiger partial charge in [-0.15, -0.1) is 0 Å². The van der Waals surface area contributed by atoms with Crippen LogP contribution in [0.3, 0.4) is 0 Å². The topological polar surface area (TPSA) is 0 Å². The summed E-state index contributed by atoms with van der Waals surface area (Å²) in [5.41, 5.74) is 1.81. The molecule has 136 valence electrons. The summed E-state index contributed by atoms with van der Waals surface area (Å²) in [6, 6.07) is 24.1. The van der Waals surface area contributed by atoms with E-state index < -0.39 is 0 Å². The van der Waals surface area contributed by atoms with Crippen LogP contribution in [-0.4, -0.2) is 0 Å². The van der Waals surface area contributed by atoms with E-state index in [1.807, 2.05) is 48.5 Å². The van der Waals surface area contributed by atoms with Gasteiger partial charge in [-0.05, 0) is 39.2 Å². The molecule has 0 fully saturated rings. The average molecular weight is 442 g/mol. The molecule has 28 heavy (non-hydrogen) atoms. The number of hydrogen-bond donors (Lipinski definition) is 0. The van der Waals surface area contributed by atoms with Gasteiger partial charge in [0.25, 0.3) is 0 Å². The highest BCUT2D eigenvalue weighted by atomic mass is 35.5. The van der Waals surface area contributed by atoms with E-state index >= 15 is 0 Å². The van der Waals surface area contributed by atoms with Crippen LogP contribution in [-0.2, 0) is 0 Å². The second kappa shape index (κ2) is 6.83. The maximum absolute atomic E-state index is 6.76. The van der Waals surface area contributed by atoms with Gasteiger partial charge in [-0.1, -0.05) is 107 Å². The van der Waals surface area contributed by atoms with Gasteiger partial charge in [0.2, 0.25) is 0 Å². The molecule has 0 spiro atoms. The Kier molecular flexibility index (Phi) is 4.41. The fraction of sp³-hybridized carbons (Fsp3) is 0. The van der Waals surface area contributed by atoms with Crippen LogP contribution in [0.1, 0.15) is 0 Å². The lowest BCUT2D eigenvalue weighted by atomic mass is 9.89. The highest BCUT2D eigenvalue weighted by Crippen LogP contribution is 2.50. The summed E-state index contributed by atoms with van der Waals surface area (Å²) < 4.78 is 0. The zero-order chi connectivity index (χ0) is 19.4. The van der Waals surface area contributed by atoms with E-state index in [0.29, 0.717) is 20.1 Å². The van der Waals surface area contributed by atoms with Gasteiger partial charge in [0, 0.05) is 21.4 Å². The molecule has 0 heterocycles. The second-order valence-corrected chi connectivity index (χ2v) is 8.24. The Morgan fingerprint density at radius 1 is 0.429 bits per heavy atom. The minimum atomic E-state index is 0.362. The molecule has 5 aromatic rings. The minimum Gasteiger partial charge on any atom is -0.0843 e. The van der Waals surface area contributed by atoms with Crippen molar-refractivity contribution < 1.29 is 0 Å². The van der Waals surface area contributed by atoms with Gasteiger partial charge in [0.05, 0.1) is 15.1 Å². The Hall–Kier alpha value is -1.96. The monoisotopic (exact) mass is 440 g/mol. The van der Waals surface area contributed by atoms with Crippen molar-refractivity contribution in [2.24, 2.45) is 0 Å². The third-order valence-electron chi connectivity index (χ3n) is 5.14. The summed E-state index contributed by atoms with van der Waals surface area (Å²) in [7, 11) is 0. The maximum Gasteiger partial charge on any atom is 0.0791 e. The lowest BCUT2D eigenvalue weighted by molar-refractivity contribution is 1.66. The summed E-state index contributed by atoms with van der Waals surface area (Å²) in [4.78, 5) is 0. The van der Waals surface area contributed by atoms with E-state index in [1.165, 1.54) is 0 Å². The molecule has 0 atom stereocenters. The normalized spacial score (nSPS) is 11.6. The Morgan fingerprint density at radius 2 is 0.929 bits per heavy atom. The van der Waals surface area contributed by atoms with Crippen LogP contribution < -0.4 is 0 Å². The van der Waals surface area contributed by atoms with Crippen molar-refractivity contribution >= 4 is 78.7 Å². The summed E-state index contributed by atoms with van der Waals surface area (Å²) in [6.45, 7) is 0. The molecule has 0 unspecified atom stereocenters. The summed E-state index contributed by atoms with van der Waals surface area (Å²) in [5.74, 6) is 0. The molecule has 0 amide bonds. The molecule has 5 aromatic carbocycles. The maximum atomic E-state index is 6.76. The van der Waals surface area contributed by atoms with E-state index in [-0.39, 0.29) is 0 Å². The third kappa shape index (κ3) is 2.60. The van der Waals surface area contributed by atoms with E-state index in [4.69, 9.17) is 46.4 Å². The molecular formula is C24H12Cl4. The first-order chi connectivity index (χ1) is 13.6. The number of rotatable bonds is 1. The Morgan fingerprint density at radius 3 is 1.50 bits per heavy atom. The summed E-state index contributed by atoms with van der Waals surface area (Å²) in [6.07, 6.45) is 0. The van der Waals surface area contributed by atoms with E-state index in [9.17, 15) is 0 Å². The van der Waals surface area contributed by atoms with Crippen LogP contribution in [0.4, 0.5) is 0 Å². The van der Waals surface area contributed by atoms with Gasteiger partial charge in [-0.2, -0.15) is 0 Å². The first kappa shape index (κ1) is 18.1. The van der Waals surface area contributed by atoms with Gasteiger partial charge in [-0.25, -0.2) is 0 Å². The molecule has 0 radical (unpaired) electrons. The summed E-state index contributed by atoms with van der Waals surface area (Å²) in [5, 5.41) is 8.27. The quantitative estimate of drug-likeness (QED) is 0.179. The van der Waals surface area contributed by atoms with Gasteiger partial charge in [0.1, 0.15) is 0 Å². The second-order valence-electron chi connectivity index (χ2n) is 6.67. The lowest BCUT2D eigenvalue weighted by Crippen LogP contribution is -1.91. The first-order valence-electron chi connectivity index (χ1n) is 8.73. The average Bonchev–Trinajstić information content (AvgIpc) is 2.73. The van der Waals surface area contributed by atoms with Crippen LogP contribution in [0.2, 0.25) is 20.1 Å². The van der Waals surface area contributed by atoms with Gasteiger partial charge in [0.15, 0.2) is 0 Å². The third-order valence-corrected chi connectivity index (χ3v) is 6.72. The van der Waals surface area contributed by atoms with Crippen LogP contribution in [0.25, 0.3) is 43.4 Å². The molecule has 0 aliphatic carbocycles. The van der Waals surface area contributed by atoms with Gasteiger partial charge in [-0.3, -0.25) is 0 Å². The van der Waals surface area contributed by atoms with E-state index in [1.54, 1.807) is 0 Å². The number of benzene rings is 5. The molecule has 5 rings (SSSR count). The highest BCUT2D eigenvalue weighted by Gasteiger charge is 2.21. The van der Waals surface area contributed by atoms with Crippen molar-refractivity contribution in [3.63, 3.8) is 0 Å². The van der Waals surface area contributed by atoms with Crippen LogP contribution in [0.5, 0.6) is 0 Å². The van der Waals surface area contributed by atoms with Crippen molar-refractivity contribution in [1.29, 1.82) is 0 Å². The van der Waals surface area contributed by atoms with Crippen molar-refractivity contribution in [2.75, 3.05) is 0 Å². The highest BCUT2D eigenvalue weighted by molar-refractivity contribution is 6.54. The van der Waals surface area contributed by atoms with Gasteiger partial charge >= 0.3 is 0 Å².